The van der Waals surface area contributed by atoms with Crippen LogP contribution in [0, 0.1) is 16.7 Å². The molecule has 0 saturated heterocycles. The summed E-state index contributed by atoms with van der Waals surface area (Å²) in [5.74, 6) is 0. The summed E-state index contributed by atoms with van der Waals surface area (Å²) in [7, 11) is 0. The molecule has 3 nitrogen and oxygen atoms in total. The Balaban J connectivity index is 2.61. The molecule has 1 rings (SSSR count). The van der Waals surface area contributed by atoms with Gasteiger partial charge in [-0.2, -0.15) is 5.26 Å². The van der Waals surface area contributed by atoms with E-state index in [1.807, 2.05) is 18.2 Å². The second-order valence-corrected chi connectivity index (χ2v) is 2.85. The lowest BCUT2D eigenvalue weighted by atomic mass is 10.2. The molecule has 0 aromatic heterocycles. The molecule has 0 atom stereocenters. The Kier molecular flexibility index (Phi) is 3.45. The first-order chi connectivity index (χ1) is 6.72. The highest BCUT2D eigenvalue weighted by molar-refractivity contribution is 5.90. The molecule has 14 heavy (non-hydrogen) atoms. The fraction of sp³-hybridized carbons (Fsp3) is 0.0909. The summed E-state index contributed by atoms with van der Waals surface area (Å²) in [4.78, 5) is 0. The van der Waals surface area contributed by atoms with Crippen molar-refractivity contribution in [3.8, 4) is 6.07 Å². The molecular formula is C11H11N3. The minimum atomic E-state index is 0.492. The first kappa shape index (κ1) is 10.0. The van der Waals surface area contributed by atoms with Gasteiger partial charge in [-0.1, -0.05) is 0 Å². The highest BCUT2D eigenvalue weighted by atomic mass is 14.8. The Bertz CT molecular complexity index is 382. The molecule has 0 fully saturated rings. The average molecular weight is 185 g/mol. The van der Waals surface area contributed by atoms with Gasteiger partial charge in [0.1, 0.15) is 0 Å². The van der Waals surface area contributed by atoms with Crippen molar-refractivity contribution < 1.29 is 0 Å². The van der Waals surface area contributed by atoms with E-state index in [0.717, 1.165) is 5.69 Å². The summed E-state index contributed by atoms with van der Waals surface area (Å²) in [6.45, 7) is 1.71. The molecule has 0 radical (unpaired) electrons. The zero-order valence-corrected chi connectivity index (χ0v) is 7.91. The number of hydrogen-bond acceptors (Lipinski definition) is 3. The van der Waals surface area contributed by atoms with Crippen LogP contribution in [0.5, 0.6) is 0 Å². The molecule has 0 spiro atoms. The number of benzene rings is 1. The van der Waals surface area contributed by atoms with Crippen LogP contribution in [0.1, 0.15) is 12.5 Å². The van der Waals surface area contributed by atoms with Gasteiger partial charge in [0.15, 0.2) is 0 Å². The van der Waals surface area contributed by atoms with Crippen molar-refractivity contribution in [1.29, 1.82) is 10.7 Å². The second kappa shape index (κ2) is 4.83. The van der Waals surface area contributed by atoms with Gasteiger partial charge in [-0.25, -0.2) is 0 Å². The number of hydrogen-bond donors (Lipinski definition) is 2. The molecule has 0 aliphatic rings. The zero-order valence-electron chi connectivity index (χ0n) is 7.91. The van der Waals surface area contributed by atoms with Crippen LogP contribution in [0.2, 0.25) is 0 Å². The van der Waals surface area contributed by atoms with E-state index < -0.39 is 0 Å². The molecule has 3 heteroatoms. The Morgan fingerprint density at radius 3 is 2.57 bits per heavy atom. The molecule has 1 aromatic carbocycles. The Morgan fingerprint density at radius 2 is 2.07 bits per heavy atom. The summed E-state index contributed by atoms with van der Waals surface area (Å²) < 4.78 is 0. The highest BCUT2D eigenvalue weighted by Crippen LogP contribution is 2.08. The van der Waals surface area contributed by atoms with Crippen molar-refractivity contribution >= 4 is 11.4 Å². The SMILES string of the molecule is CC(=N)/C=C\Nc1ccc(C#N)cc1. The van der Waals surface area contributed by atoms with Gasteiger partial charge in [0, 0.05) is 17.6 Å². The average Bonchev–Trinajstić information content (AvgIpc) is 2.18. The summed E-state index contributed by atoms with van der Waals surface area (Å²) in [5, 5.41) is 18.7. The van der Waals surface area contributed by atoms with Crippen LogP contribution in [0.15, 0.2) is 36.5 Å². The predicted molar refractivity (Wildman–Crippen MR) is 57.3 cm³/mol. The lowest BCUT2D eigenvalue weighted by Crippen LogP contribution is -1.89. The minimum absolute atomic E-state index is 0.492. The van der Waals surface area contributed by atoms with Gasteiger partial charge >= 0.3 is 0 Å². The number of nitrogens with zero attached hydrogens (tertiary/aromatic N) is 1. The molecule has 0 aliphatic heterocycles. The van der Waals surface area contributed by atoms with Gasteiger partial charge in [-0.15, -0.1) is 0 Å². The predicted octanol–water partition coefficient (Wildman–Crippen LogP) is 2.52. The number of rotatable bonds is 3. The van der Waals surface area contributed by atoms with Crippen molar-refractivity contribution in [3.05, 3.63) is 42.1 Å². The third kappa shape index (κ3) is 3.11. The Labute approximate surface area is 83.2 Å². The maximum Gasteiger partial charge on any atom is 0.0991 e. The molecule has 0 amide bonds. The van der Waals surface area contributed by atoms with Crippen LogP contribution in [0.4, 0.5) is 5.69 Å². The maximum atomic E-state index is 8.56. The molecule has 70 valence electrons. The van der Waals surface area contributed by atoms with Crippen molar-refractivity contribution in [2.75, 3.05) is 5.32 Å². The molecule has 0 aliphatic carbocycles. The largest absolute Gasteiger partial charge is 0.362 e. The van der Waals surface area contributed by atoms with Gasteiger partial charge < -0.3 is 10.7 Å². The molecule has 0 saturated carbocycles. The van der Waals surface area contributed by atoms with Crippen LogP contribution >= 0.6 is 0 Å². The maximum absolute atomic E-state index is 8.56. The highest BCUT2D eigenvalue weighted by Gasteiger charge is 1.89. The van der Waals surface area contributed by atoms with Gasteiger partial charge in [0.25, 0.3) is 0 Å². The van der Waals surface area contributed by atoms with E-state index in [9.17, 15) is 0 Å². The van der Waals surface area contributed by atoms with Crippen molar-refractivity contribution in [3.63, 3.8) is 0 Å². The standard InChI is InChI=1S/C11H11N3/c1-9(13)6-7-14-11-4-2-10(8-12)3-5-11/h2-7,13-14H,1H3/b7-6-,13-9?. The lowest BCUT2D eigenvalue weighted by Gasteiger charge is -1.99. The van der Waals surface area contributed by atoms with E-state index in [1.165, 1.54) is 0 Å². The quantitative estimate of drug-likeness (QED) is 0.711. The summed E-state index contributed by atoms with van der Waals surface area (Å²) in [6, 6.07) is 9.18. The van der Waals surface area contributed by atoms with Crippen LogP contribution in [-0.4, -0.2) is 5.71 Å². The fourth-order valence-corrected chi connectivity index (χ4v) is 0.904. The van der Waals surface area contributed by atoms with Crippen molar-refractivity contribution in [2.45, 2.75) is 6.92 Å². The first-order valence-electron chi connectivity index (χ1n) is 4.21. The third-order valence-electron chi connectivity index (χ3n) is 1.60. The molecule has 2 N–H and O–H groups in total. The Morgan fingerprint density at radius 1 is 1.43 bits per heavy atom. The molecule has 0 bridgehead atoms. The van der Waals surface area contributed by atoms with E-state index in [1.54, 1.807) is 31.3 Å². The summed E-state index contributed by atoms with van der Waals surface area (Å²) in [6.07, 6.45) is 3.36. The number of anilines is 1. The topological polar surface area (TPSA) is 59.7 Å². The third-order valence-corrected chi connectivity index (χ3v) is 1.60. The van der Waals surface area contributed by atoms with Crippen LogP contribution in [0.25, 0.3) is 0 Å². The van der Waals surface area contributed by atoms with Gasteiger partial charge in [0.05, 0.1) is 11.6 Å². The van der Waals surface area contributed by atoms with Gasteiger partial charge in [-0.3, -0.25) is 0 Å². The minimum Gasteiger partial charge on any atom is -0.362 e. The monoisotopic (exact) mass is 185 g/mol. The molecule has 0 heterocycles. The zero-order chi connectivity index (χ0) is 10.4. The van der Waals surface area contributed by atoms with Gasteiger partial charge in [0.2, 0.25) is 0 Å². The van der Waals surface area contributed by atoms with E-state index in [-0.39, 0.29) is 0 Å². The summed E-state index contributed by atoms with van der Waals surface area (Å²) >= 11 is 0. The van der Waals surface area contributed by atoms with E-state index >= 15 is 0 Å². The molecule has 1 aromatic rings. The van der Waals surface area contributed by atoms with E-state index in [2.05, 4.69) is 5.32 Å². The second-order valence-electron chi connectivity index (χ2n) is 2.85. The van der Waals surface area contributed by atoms with Crippen LogP contribution in [0.3, 0.4) is 0 Å². The fourth-order valence-electron chi connectivity index (χ4n) is 0.904. The molecular weight excluding hydrogens is 174 g/mol. The van der Waals surface area contributed by atoms with E-state index in [4.69, 9.17) is 10.7 Å². The smallest absolute Gasteiger partial charge is 0.0991 e. The van der Waals surface area contributed by atoms with Crippen molar-refractivity contribution in [2.24, 2.45) is 0 Å². The lowest BCUT2D eigenvalue weighted by molar-refractivity contribution is 1.47. The summed E-state index contributed by atoms with van der Waals surface area (Å²) in [5.41, 5.74) is 2.04. The molecule has 0 unspecified atom stereocenters. The van der Waals surface area contributed by atoms with E-state index in [0.29, 0.717) is 11.3 Å². The number of nitriles is 1. The van der Waals surface area contributed by atoms with Crippen LogP contribution < -0.4 is 5.32 Å². The van der Waals surface area contributed by atoms with Crippen LogP contribution in [-0.2, 0) is 0 Å². The van der Waals surface area contributed by atoms with Gasteiger partial charge in [-0.05, 0) is 37.3 Å². The number of allylic oxidation sites excluding steroid dienone is 1. The number of nitrogens with one attached hydrogen (secondary N) is 2. The first-order valence-corrected chi connectivity index (χ1v) is 4.21. The Hall–Kier alpha value is -2.08. The normalized spacial score (nSPS) is 9.71. The van der Waals surface area contributed by atoms with Crippen molar-refractivity contribution in [1.82, 2.24) is 0 Å².